The molecular weight excluding hydrogens is 2330 g/mol. The zero-order valence-corrected chi connectivity index (χ0v) is 88.6. The number of hydrogen-bond donors (Lipinski definition) is 6. The minimum Gasteiger partial charge on any atom is -0.420 e. The van der Waals surface area contributed by atoms with E-state index in [0.29, 0.717) is 36.9 Å². The van der Waals surface area contributed by atoms with Gasteiger partial charge >= 0.3 is 0 Å². The number of benzene rings is 1. The molecule has 0 amide bonds. The summed E-state index contributed by atoms with van der Waals surface area (Å²) < 4.78 is 0. The van der Waals surface area contributed by atoms with E-state index in [1.54, 1.807) is 104 Å². The molecule has 12 heterocycles. The summed E-state index contributed by atoms with van der Waals surface area (Å²) in [6.45, 7) is 47.3. The fraction of sp³-hybridized carbons (Fsp3) is 0.416. The molecule has 0 saturated carbocycles. The van der Waals surface area contributed by atoms with E-state index in [0.717, 1.165) is 149 Å². The molecule has 24 nitrogen and oxygen atoms in total. The molecule has 129 heavy (non-hydrogen) atoms. The summed E-state index contributed by atoms with van der Waals surface area (Å²) in [4.78, 5) is 71.0. The van der Waals surface area contributed by atoms with E-state index in [-0.39, 0.29) is 122 Å². The Hall–Kier alpha value is -8.91. The number of nitrogens with zero attached hydrogens (tertiary/aromatic N) is 18. The SMILES string of the molecule is CC(C)(C)c1n[n-]c(-c2ccccn2)n1.CC(O)CC(C)O.CC(O)CC(C)O.CC(O)CC(C)O.CCCCc1ncnc(-c2[c-]ccnc2)c1CCCC.Cc1cc(-c2[c-]c(C)c(C)nc2C)nc(C)n1.Cc1ncc[c-]c1-c1cc(-c2c(C(C)C)cccc2C(C)C)ncn1.Cc1ncc[c-]c1-c1ncnc(-c2cccnc2C)c1-c1cccnc1C.[Ir].[Ir].[Ir].[Ir]. The molecule has 0 aliphatic carbocycles. The molecule has 0 spiro atoms. The maximum absolute atomic E-state index is 8.56. The second-order valence-corrected chi connectivity index (χ2v) is 32.8. The Kier molecular flexibility index (Phi) is 53.6. The van der Waals surface area contributed by atoms with Gasteiger partial charge in [0.25, 0.3) is 0 Å². The zero-order valence-electron chi connectivity index (χ0n) is 79.0. The molecule has 0 bridgehead atoms. The van der Waals surface area contributed by atoms with Gasteiger partial charge in [0.2, 0.25) is 0 Å². The van der Waals surface area contributed by atoms with Gasteiger partial charge in [-0.15, -0.1) is 70.3 Å². The van der Waals surface area contributed by atoms with Crippen LogP contribution in [0, 0.1) is 86.6 Å². The molecule has 700 valence electrons. The maximum atomic E-state index is 8.56. The Bertz CT molecular complexity index is 5250. The van der Waals surface area contributed by atoms with Gasteiger partial charge < -0.3 is 60.7 Å². The van der Waals surface area contributed by atoms with Crippen LogP contribution in [0.3, 0.4) is 0 Å². The van der Waals surface area contributed by atoms with Crippen molar-refractivity contribution in [1.29, 1.82) is 0 Å². The van der Waals surface area contributed by atoms with Crippen molar-refractivity contribution >= 4 is 0 Å². The molecule has 12 aromatic heterocycles. The Morgan fingerprint density at radius 2 is 0.907 bits per heavy atom. The van der Waals surface area contributed by atoms with Crippen molar-refractivity contribution in [1.82, 2.24) is 89.9 Å². The number of unbranched alkanes of at least 4 members (excludes halogenated alkanes) is 2. The quantitative estimate of drug-likeness (QED) is 0.0343. The second-order valence-electron chi connectivity index (χ2n) is 32.8. The van der Waals surface area contributed by atoms with Crippen molar-refractivity contribution in [2.75, 3.05) is 0 Å². The maximum Gasteiger partial charge on any atom is 0.116 e. The fourth-order valence-electron chi connectivity index (χ4n) is 13.2. The first kappa shape index (κ1) is 116. The number of aliphatic hydroxyl groups excluding tert-OH is 6. The Morgan fingerprint density at radius 3 is 1.40 bits per heavy atom. The van der Waals surface area contributed by atoms with E-state index in [1.807, 2.05) is 129 Å². The van der Waals surface area contributed by atoms with Crippen LogP contribution in [-0.4, -0.2) is 152 Å². The van der Waals surface area contributed by atoms with E-state index in [1.165, 1.54) is 53.6 Å². The molecular formula is C101H129Ir4N18O6-5. The summed E-state index contributed by atoms with van der Waals surface area (Å²) in [5, 5.41) is 59.5. The Morgan fingerprint density at radius 1 is 0.403 bits per heavy atom. The van der Waals surface area contributed by atoms with Gasteiger partial charge in [0.15, 0.2) is 0 Å². The molecule has 28 heteroatoms. The van der Waals surface area contributed by atoms with Crippen LogP contribution >= 0.6 is 0 Å². The van der Waals surface area contributed by atoms with E-state index in [4.69, 9.17) is 30.6 Å². The third-order valence-electron chi connectivity index (χ3n) is 19.3. The van der Waals surface area contributed by atoms with E-state index in [9.17, 15) is 0 Å². The van der Waals surface area contributed by atoms with Crippen molar-refractivity contribution in [3.8, 4) is 90.2 Å². The molecule has 4 radical (unpaired) electrons. The van der Waals surface area contributed by atoms with Gasteiger partial charge in [0.1, 0.15) is 24.8 Å². The van der Waals surface area contributed by atoms with Gasteiger partial charge in [0, 0.05) is 150 Å². The third-order valence-corrected chi connectivity index (χ3v) is 19.3. The van der Waals surface area contributed by atoms with Crippen molar-refractivity contribution in [3.05, 3.63) is 257 Å². The van der Waals surface area contributed by atoms with Gasteiger partial charge in [-0.2, -0.15) is 0 Å². The van der Waals surface area contributed by atoms with Crippen LogP contribution < -0.4 is 5.10 Å². The van der Waals surface area contributed by atoms with E-state index in [2.05, 4.69) is 201 Å². The minimum atomic E-state index is -0.375. The molecule has 0 aliphatic heterocycles. The number of pyridine rings is 7. The largest absolute Gasteiger partial charge is 0.420 e. The third kappa shape index (κ3) is 38.4. The van der Waals surface area contributed by atoms with Crippen molar-refractivity contribution < 1.29 is 111 Å². The Labute approximate surface area is 819 Å². The first-order chi connectivity index (χ1) is 59.4. The van der Waals surface area contributed by atoms with Crippen molar-refractivity contribution in [3.63, 3.8) is 0 Å². The normalized spacial score (nSPS) is 11.9. The van der Waals surface area contributed by atoms with Crippen LogP contribution in [0.4, 0.5) is 0 Å². The van der Waals surface area contributed by atoms with Gasteiger partial charge in [0.05, 0.1) is 53.7 Å². The Balaban J connectivity index is 0.000000518. The summed E-state index contributed by atoms with van der Waals surface area (Å²) in [7, 11) is 0. The molecule has 13 aromatic rings. The van der Waals surface area contributed by atoms with Gasteiger partial charge in [-0.25, -0.2) is 19.9 Å². The van der Waals surface area contributed by atoms with Crippen molar-refractivity contribution in [2.24, 2.45) is 0 Å². The summed E-state index contributed by atoms with van der Waals surface area (Å²) >= 11 is 0. The van der Waals surface area contributed by atoms with Gasteiger partial charge in [-0.3, -0.25) is 40.0 Å². The molecule has 6 unspecified atom stereocenters. The number of aliphatic hydroxyl groups is 6. The molecule has 1 aromatic carbocycles. The molecule has 6 N–H and O–H groups in total. The zero-order chi connectivity index (χ0) is 92.0. The van der Waals surface area contributed by atoms with Crippen LogP contribution in [0.15, 0.2) is 153 Å². The van der Waals surface area contributed by atoms with Crippen LogP contribution in [-0.2, 0) is 98.7 Å². The predicted octanol–water partition coefficient (Wildman–Crippen LogP) is 19.1. The van der Waals surface area contributed by atoms with Gasteiger partial charge in [-0.1, -0.05) is 183 Å². The van der Waals surface area contributed by atoms with Crippen LogP contribution in [0.1, 0.15) is 240 Å². The monoisotopic (exact) mass is 2460 g/mol. The van der Waals surface area contributed by atoms with Crippen LogP contribution in [0.25, 0.3) is 90.2 Å². The molecule has 6 atom stereocenters. The van der Waals surface area contributed by atoms with Gasteiger partial charge in [-0.05, 0) is 223 Å². The fourth-order valence-corrected chi connectivity index (χ4v) is 13.2. The minimum absolute atomic E-state index is 0. The summed E-state index contributed by atoms with van der Waals surface area (Å²) in [6, 6.07) is 42.8. The summed E-state index contributed by atoms with van der Waals surface area (Å²) in [6.07, 6.45) is 23.2. The average molecular weight is 2460 g/mol. The van der Waals surface area contributed by atoms with Crippen LogP contribution in [0.5, 0.6) is 0 Å². The predicted molar refractivity (Wildman–Crippen MR) is 498 cm³/mol. The first-order valence-corrected chi connectivity index (χ1v) is 43.0. The van der Waals surface area contributed by atoms with Crippen molar-refractivity contribution in [2.45, 2.75) is 278 Å². The summed E-state index contributed by atoms with van der Waals surface area (Å²) in [5.41, 5.74) is 26.7. The number of hydrogen-bond acceptors (Lipinski definition) is 23. The number of rotatable bonds is 22. The average Bonchev–Trinajstić information content (AvgIpc) is 1.35. The summed E-state index contributed by atoms with van der Waals surface area (Å²) in [5.74, 6) is 2.99. The molecule has 0 aliphatic rings. The smallest absolute Gasteiger partial charge is 0.116 e. The molecule has 13 rings (SSSR count). The molecule has 0 saturated heterocycles. The van der Waals surface area contributed by atoms with E-state index >= 15 is 0 Å². The topological polar surface area (TPSA) is 355 Å². The standard InChI is InChI=1S/C22H18N5.C22H24N3.C17H22N3.C14H16N3.C11H13N4.3C5H12O2.4Ir/c1-14-17(7-4-10-23-14)20-21(18-8-5-11-24-15(18)2)26-13-27-22(20)19-9-6-12-25-16(19)3;1-14(2)17-8-6-9-18(15(3)4)22(17)21-12-20(24-13-25-21)19-10-7-11-23-16(19)5;1-3-5-9-15-16(10-6-4-2)19-13-20-17(15)14-8-7-11-18-12-14;1-8-6-13(11(4)16-10(8)3)14-7-9(2)15-12(5)17-14;1-11(2,3)10-13-9(14-15-10)8-6-4-5-7-12-8;3*1-4(6)3-5(2)7;;;;/h4-8,10-13H,1-3H3;6-9,11-15H,1-5H3;7,11-13H,3-6,9-10H2,1-2H3;7H,1-5H3;4-7H,1-3H3;3*4-7H,3H2,1-2H3;;;;/q5*-1;;;;;;;. The number of aromatic nitrogens is 18. The number of aryl methyl sites for hydroxylation is 10. The molecule has 0 fully saturated rings. The second kappa shape index (κ2) is 59.5. The van der Waals surface area contributed by atoms with E-state index < -0.39 is 0 Å². The van der Waals surface area contributed by atoms with Crippen LogP contribution in [0.2, 0.25) is 0 Å². The first-order valence-electron chi connectivity index (χ1n) is 43.0.